The summed E-state index contributed by atoms with van der Waals surface area (Å²) in [6.45, 7) is 6.42. The maximum absolute atomic E-state index is 12.9. The lowest BCUT2D eigenvalue weighted by Gasteiger charge is -2.20. The molecule has 0 amide bonds. The van der Waals surface area contributed by atoms with Crippen LogP contribution in [0.2, 0.25) is 0 Å². The zero-order valence-electron chi connectivity index (χ0n) is 10.7. The van der Waals surface area contributed by atoms with E-state index in [1.807, 2.05) is 20.0 Å². The molecule has 0 aliphatic carbocycles. The standard InChI is InChI=1S/C14H22FN/c1-10(2)14(16-4)8-6-12-5-7-13(15)9-11(12)3/h5,7,9-10,14,16H,6,8H2,1-4H3. The normalized spacial score (nSPS) is 13.1. The summed E-state index contributed by atoms with van der Waals surface area (Å²) in [6.07, 6.45) is 2.11. The number of nitrogens with one attached hydrogen (secondary N) is 1. The fourth-order valence-corrected chi connectivity index (χ4v) is 2.06. The summed E-state index contributed by atoms with van der Waals surface area (Å²) in [4.78, 5) is 0. The Kier molecular flexibility index (Phi) is 4.94. The summed E-state index contributed by atoms with van der Waals surface area (Å²) in [5, 5.41) is 3.33. The van der Waals surface area contributed by atoms with Crippen LogP contribution < -0.4 is 5.32 Å². The molecular weight excluding hydrogens is 201 g/mol. The van der Waals surface area contributed by atoms with E-state index in [4.69, 9.17) is 0 Å². The van der Waals surface area contributed by atoms with Crippen molar-refractivity contribution in [1.82, 2.24) is 5.32 Å². The van der Waals surface area contributed by atoms with Gasteiger partial charge in [-0.25, -0.2) is 4.39 Å². The summed E-state index contributed by atoms with van der Waals surface area (Å²) in [5.41, 5.74) is 2.31. The molecule has 0 heterocycles. The second kappa shape index (κ2) is 6.00. The molecule has 90 valence electrons. The molecule has 0 aliphatic rings. The fourth-order valence-electron chi connectivity index (χ4n) is 2.06. The number of aryl methyl sites for hydroxylation is 2. The monoisotopic (exact) mass is 223 g/mol. The average molecular weight is 223 g/mol. The second-order valence-corrected chi connectivity index (χ2v) is 4.75. The first kappa shape index (κ1) is 13.2. The predicted octanol–water partition coefficient (Wildman–Crippen LogP) is 3.31. The van der Waals surface area contributed by atoms with Crippen LogP contribution in [0.1, 0.15) is 31.4 Å². The average Bonchev–Trinajstić information content (AvgIpc) is 2.21. The van der Waals surface area contributed by atoms with Crippen molar-refractivity contribution in [1.29, 1.82) is 0 Å². The van der Waals surface area contributed by atoms with Gasteiger partial charge < -0.3 is 5.32 Å². The maximum atomic E-state index is 12.9. The minimum atomic E-state index is -0.143. The number of benzene rings is 1. The van der Waals surface area contributed by atoms with Gasteiger partial charge in [-0.15, -0.1) is 0 Å². The summed E-state index contributed by atoms with van der Waals surface area (Å²) in [5.74, 6) is 0.487. The Balaban J connectivity index is 2.60. The zero-order chi connectivity index (χ0) is 12.1. The zero-order valence-corrected chi connectivity index (χ0v) is 10.7. The van der Waals surface area contributed by atoms with Crippen LogP contribution in [0.3, 0.4) is 0 Å². The van der Waals surface area contributed by atoms with Gasteiger partial charge in [-0.2, -0.15) is 0 Å². The van der Waals surface area contributed by atoms with Gasteiger partial charge in [0.25, 0.3) is 0 Å². The van der Waals surface area contributed by atoms with Crippen LogP contribution in [-0.2, 0) is 6.42 Å². The molecule has 0 spiro atoms. The number of hydrogen-bond donors (Lipinski definition) is 1. The Morgan fingerprint density at radius 3 is 2.50 bits per heavy atom. The van der Waals surface area contributed by atoms with Crippen molar-refractivity contribution in [2.75, 3.05) is 7.05 Å². The van der Waals surface area contributed by atoms with Crippen LogP contribution in [0, 0.1) is 18.7 Å². The third-order valence-electron chi connectivity index (χ3n) is 3.20. The molecule has 0 radical (unpaired) electrons. The molecule has 0 saturated carbocycles. The molecule has 1 aromatic carbocycles. The van der Waals surface area contributed by atoms with E-state index < -0.39 is 0 Å². The maximum Gasteiger partial charge on any atom is 0.123 e. The van der Waals surface area contributed by atoms with Crippen LogP contribution in [0.4, 0.5) is 4.39 Å². The molecule has 2 heteroatoms. The molecule has 1 aromatic rings. The Hall–Kier alpha value is -0.890. The van der Waals surface area contributed by atoms with E-state index in [0.717, 1.165) is 18.4 Å². The van der Waals surface area contributed by atoms with Gasteiger partial charge in [0.1, 0.15) is 5.82 Å². The topological polar surface area (TPSA) is 12.0 Å². The van der Waals surface area contributed by atoms with E-state index in [2.05, 4.69) is 19.2 Å². The van der Waals surface area contributed by atoms with Gasteiger partial charge in [0.15, 0.2) is 0 Å². The Bertz CT molecular complexity index is 334. The molecule has 1 nitrogen and oxygen atoms in total. The lowest BCUT2D eigenvalue weighted by Crippen LogP contribution is -2.31. The van der Waals surface area contributed by atoms with E-state index in [-0.39, 0.29) is 5.82 Å². The second-order valence-electron chi connectivity index (χ2n) is 4.75. The predicted molar refractivity (Wildman–Crippen MR) is 67.1 cm³/mol. The molecule has 1 unspecified atom stereocenters. The molecule has 16 heavy (non-hydrogen) atoms. The highest BCUT2D eigenvalue weighted by molar-refractivity contribution is 5.26. The molecule has 1 N–H and O–H groups in total. The number of rotatable bonds is 5. The highest BCUT2D eigenvalue weighted by atomic mass is 19.1. The minimum absolute atomic E-state index is 0.143. The van der Waals surface area contributed by atoms with E-state index in [1.165, 1.54) is 5.56 Å². The fraction of sp³-hybridized carbons (Fsp3) is 0.571. The summed E-state index contributed by atoms with van der Waals surface area (Å²) >= 11 is 0. The van der Waals surface area contributed by atoms with Gasteiger partial charge in [-0.05, 0) is 56.0 Å². The van der Waals surface area contributed by atoms with Crippen molar-refractivity contribution in [3.63, 3.8) is 0 Å². The molecule has 0 saturated heterocycles. The first-order valence-corrected chi connectivity index (χ1v) is 5.97. The Morgan fingerprint density at radius 2 is 2.00 bits per heavy atom. The van der Waals surface area contributed by atoms with Crippen LogP contribution in [0.15, 0.2) is 18.2 Å². The molecule has 1 atom stereocenters. The highest BCUT2D eigenvalue weighted by Crippen LogP contribution is 2.15. The van der Waals surface area contributed by atoms with Gasteiger partial charge in [-0.3, -0.25) is 0 Å². The first-order chi connectivity index (χ1) is 7.54. The van der Waals surface area contributed by atoms with Crippen LogP contribution >= 0.6 is 0 Å². The Morgan fingerprint density at radius 1 is 1.31 bits per heavy atom. The van der Waals surface area contributed by atoms with Crippen LogP contribution in [0.25, 0.3) is 0 Å². The molecule has 1 rings (SSSR count). The van der Waals surface area contributed by atoms with Gasteiger partial charge in [0.2, 0.25) is 0 Å². The van der Waals surface area contributed by atoms with Crippen LogP contribution in [-0.4, -0.2) is 13.1 Å². The van der Waals surface area contributed by atoms with Crippen LogP contribution in [0.5, 0.6) is 0 Å². The van der Waals surface area contributed by atoms with Crippen molar-refractivity contribution < 1.29 is 4.39 Å². The summed E-state index contributed by atoms with van der Waals surface area (Å²) in [6, 6.07) is 5.59. The van der Waals surface area contributed by atoms with Crippen molar-refractivity contribution in [2.24, 2.45) is 5.92 Å². The lowest BCUT2D eigenvalue weighted by molar-refractivity contribution is 0.402. The summed E-state index contributed by atoms with van der Waals surface area (Å²) < 4.78 is 12.9. The quantitative estimate of drug-likeness (QED) is 0.807. The van der Waals surface area contributed by atoms with Gasteiger partial charge in [-0.1, -0.05) is 19.9 Å². The van der Waals surface area contributed by atoms with E-state index in [0.29, 0.717) is 12.0 Å². The van der Waals surface area contributed by atoms with Crippen molar-refractivity contribution >= 4 is 0 Å². The SMILES string of the molecule is CNC(CCc1ccc(F)cc1C)C(C)C. The van der Waals surface area contributed by atoms with Gasteiger partial charge in [0.05, 0.1) is 0 Å². The summed E-state index contributed by atoms with van der Waals surface area (Å²) in [7, 11) is 2.00. The smallest absolute Gasteiger partial charge is 0.123 e. The third-order valence-corrected chi connectivity index (χ3v) is 3.20. The van der Waals surface area contributed by atoms with Crippen molar-refractivity contribution in [3.05, 3.63) is 35.1 Å². The van der Waals surface area contributed by atoms with E-state index in [9.17, 15) is 4.39 Å². The van der Waals surface area contributed by atoms with E-state index in [1.54, 1.807) is 12.1 Å². The lowest BCUT2D eigenvalue weighted by atomic mass is 9.95. The largest absolute Gasteiger partial charge is 0.317 e. The van der Waals surface area contributed by atoms with Gasteiger partial charge in [0, 0.05) is 6.04 Å². The molecule has 0 aromatic heterocycles. The third kappa shape index (κ3) is 3.60. The first-order valence-electron chi connectivity index (χ1n) is 5.97. The highest BCUT2D eigenvalue weighted by Gasteiger charge is 2.11. The molecular formula is C14H22FN. The number of hydrogen-bond acceptors (Lipinski definition) is 1. The molecule has 0 fully saturated rings. The van der Waals surface area contributed by atoms with Gasteiger partial charge >= 0.3 is 0 Å². The molecule has 0 bridgehead atoms. The minimum Gasteiger partial charge on any atom is -0.317 e. The number of halogens is 1. The van der Waals surface area contributed by atoms with E-state index >= 15 is 0 Å². The molecule has 0 aliphatic heterocycles. The Labute approximate surface area is 98.1 Å². The van der Waals surface area contributed by atoms with Crippen molar-refractivity contribution in [3.8, 4) is 0 Å². The van der Waals surface area contributed by atoms with Crippen molar-refractivity contribution in [2.45, 2.75) is 39.7 Å².